The van der Waals surface area contributed by atoms with Crippen molar-refractivity contribution < 1.29 is 9.59 Å². The number of nitrogens with one attached hydrogen (secondary N) is 2. The van der Waals surface area contributed by atoms with Crippen molar-refractivity contribution >= 4 is 41.2 Å². The Bertz CT molecular complexity index is 599. The summed E-state index contributed by atoms with van der Waals surface area (Å²) in [5.74, 6) is -0.395. The quantitative estimate of drug-likeness (QED) is 0.629. The fraction of sp³-hybridized carbons (Fsp3) is 0.438. The van der Waals surface area contributed by atoms with Crippen LogP contribution in [0, 0.1) is 5.92 Å². The van der Waals surface area contributed by atoms with E-state index in [1.807, 2.05) is 0 Å². The van der Waals surface area contributed by atoms with Crippen molar-refractivity contribution in [2.75, 3.05) is 6.54 Å². The molecule has 0 atom stereocenters. The van der Waals surface area contributed by atoms with Gasteiger partial charge in [-0.3, -0.25) is 9.59 Å². The zero-order chi connectivity index (χ0) is 16.7. The molecular weight excluding hydrogens is 337 g/mol. The SMILES string of the molecule is O=C(CNC(=O)C1CCCCC1)NN=Cc1ccc(Cl)cc1Cl. The molecule has 0 heterocycles. The van der Waals surface area contributed by atoms with Crippen LogP contribution in [0.2, 0.25) is 10.0 Å². The molecule has 1 aromatic carbocycles. The average Bonchev–Trinajstić information content (AvgIpc) is 2.55. The Kier molecular flexibility index (Phi) is 6.86. The van der Waals surface area contributed by atoms with E-state index in [9.17, 15) is 9.59 Å². The summed E-state index contributed by atoms with van der Waals surface area (Å²) >= 11 is 11.8. The van der Waals surface area contributed by atoms with Crippen molar-refractivity contribution in [3.63, 3.8) is 0 Å². The lowest BCUT2D eigenvalue weighted by Gasteiger charge is -2.20. The molecule has 1 aromatic rings. The second kappa shape index (κ2) is 8.89. The van der Waals surface area contributed by atoms with Gasteiger partial charge in [-0.25, -0.2) is 5.43 Å². The minimum absolute atomic E-state index is 0.0351. The van der Waals surface area contributed by atoms with E-state index in [0.29, 0.717) is 15.6 Å². The first-order valence-electron chi connectivity index (χ1n) is 7.61. The maximum atomic E-state index is 11.9. The summed E-state index contributed by atoms with van der Waals surface area (Å²) in [5, 5.41) is 7.45. The molecule has 2 amide bonds. The molecule has 2 N–H and O–H groups in total. The van der Waals surface area contributed by atoms with Crippen LogP contribution >= 0.6 is 23.2 Å². The largest absolute Gasteiger partial charge is 0.347 e. The Hall–Kier alpha value is -1.59. The summed E-state index contributed by atoms with van der Waals surface area (Å²) in [5.41, 5.74) is 3.00. The zero-order valence-corrected chi connectivity index (χ0v) is 14.2. The Morgan fingerprint density at radius 2 is 1.96 bits per heavy atom. The van der Waals surface area contributed by atoms with E-state index < -0.39 is 0 Å². The predicted molar refractivity (Wildman–Crippen MR) is 91.8 cm³/mol. The molecule has 0 radical (unpaired) electrons. The molecule has 0 saturated heterocycles. The Morgan fingerprint density at radius 3 is 2.65 bits per heavy atom. The van der Waals surface area contributed by atoms with Crippen LogP contribution in [0.15, 0.2) is 23.3 Å². The van der Waals surface area contributed by atoms with Crippen LogP contribution in [0.1, 0.15) is 37.7 Å². The van der Waals surface area contributed by atoms with Crippen molar-refractivity contribution in [3.8, 4) is 0 Å². The van der Waals surface area contributed by atoms with E-state index in [2.05, 4.69) is 15.8 Å². The van der Waals surface area contributed by atoms with Gasteiger partial charge in [-0.2, -0.15) is 5.10 Å². The topological polar surface area (TPSA) is 70.6 Å². The lowest BCUT2D eigenvalue weighted by atomic mass is 9.89. The molecular formula is C16H19Cl2N3O2. The summed E-state index contributed by atoms with van der Waals surface area (Å²) < 4.78 is 0. The number of carbonyl (C=O) groups is 2. The van der Waals surface area contributed by atoms with Crippen molar-refractivity contribution in [2.45, 2.75) is 32.1 Å². The van der Waals surface area contributed by atoms with E-state index in [0.717, 1.165) is 25.7 Å². The highest BCUT2D eigenvalue weighted by Gasteiger charge is 2.21. The molecule has 0 spiro atoms. The molecule has 1 aliphatic carbocycles. The fourth-order valence-electron chi connectivity index (χ4n) is 2.50. The summed E-state index contributed by atoms with van der Waals surface area (Å²) in [7, 11) is 0. The van der Waals surface area contributed by atoms with E-state index in [1.165, 1.54) is 12.6 Å². The molecule has 0 bridgehead atoms. The van der Waals surface area contributed by atoms with Crippen LogP contribution in [0.25, 0.3) is 0 Å². The fourth-order valence-corrected chi connectivity index (χ4v) is 2.95. The second-order valence-electron chi connectivity index (χ2n) is 5.51. The molecule has 23 heavy (non-hydrogen) atoms. The first kappa shape index (κ1) is 17.8. The van der Waals surface area contributed by atoms with E-state index in [4.69, 9.17) is 23.2 Å². The predicted octanol–water partition coefficient (Wildman–Crippen LogP) is 3.14. The second-order valence-corrected chi connectivity index (χ2v) is 6.36. The summed E-state index contributed by atoms with van der Waals surface area (Å²) in [4.78, 5) is 23.6. The number of halogens is 2. The van der Waals surface area contributed by atoms with Crippen molar-refractivity contribution in [3.05, 3.63) is 33.8 Å². The summed E-state index contributed by atoms with van der Waals surface area (Å²) in [6.45, 7) is -0.0823. The van der Waals surface area contributed by atoms with Gasteiger partial charge in [-0.15, -0.1) is 0 Å². The maximum absolute atomic E-state index is 11.9. The van der Waals surface area contributed by atoms with Gasteiger partial charge in [0.1, 0.15) is 0 Å². The number of hydrogen-bond donors (Lipinski definition) is 2. The number of rotatable bonds is 5. The first-order chi connectivity index (χ1) is 11.1. The van der Waals surface area contributed by atoms with Crippen molar-refractivity contribution in [1.29, 1.82) is 0 Å². The number of benzene rings is 1. The summed E-state index contributed by atoms with van der Waals surface area (Å²) in [6, 6.07) is 4.98. The normalized spacial score (nSPS) is 15.6. The van der Waals surface area contributed by atoms with E-state index in [1.54, 1.807) is 18.2 Å². The average molecular weight is 356 g/mol. The maximum Gasteiger partial charge on any atom is 0.259 e. The highest BCUT2D eigenvalue weighted by atomic mass is 35.5. The molecule has 1 saturated carbocycles. The third kappa shape index (κ3) is 5.84. The lowest BCUT2D eigenvalue weighted by Crippen LogP contribution is -2.38. The van der Waals surface area contributed by atoms with Gasteiger partial charge >= 0.3 is 0 Å². The van der Waals surface area contributed by atoms with Crippen molar-refractivity contribution in [1.82, 2.24) is 10.7 Å². The molecule has 0 aromatic heterocycles. The van der Waals surface area contributed by atoms with E-state index >= 15 is 0 Å². The third-order valence-corrected chi connectivity index (χ3v) is 4.32. The molecule has 5 nitrogen and oxygen atoms in total. The first-order valence-corrected chi connectivity index (χ1v) is 8.36. The lowest BCUT2D eigenvalue weighted by molar-refractivity contribution is -0.129. The Balaban J connectivity index is 1.74. The molecule has 7 heteroatoms. The standard InChI is InChI=1S/C16H19Cl2N3O2/c17-13-7-6-12(14(18)8-13)9-20-21-15(22)10-19-16(23)11-4-2-1-3-5-11/h6-9,11H,1-5,10H2,(H,19,23)(H,21,22). The number of hydrogen-bond acceptors (Lipinski definition) is 3. The molecule has 124 valence electrons. The van der Waals surface area contributed by atoms with Crippen LogP contribution in [0.3, 0.4) is 0 Å². The Morgan fingerprint density at radius 1 is 1.22 bits per heavy atom. The smallest absolute Gasteiger partial charge is 0.259 e. The van der Waals surface area contributed by atoms with Gasteiger partial charge in [0.2, 0.25) is 5.91 Å². The van der Waals surface area contributed by atoms with Gasteiger partial charge in [0.25, 0.3) is 5.91 Å². The number of carbonyl (C=O) groups excluding carboxylic acids is 2. The van der Waals surface area contributed by atoms with Crippen LogP contribution in [0.4, 0.5) is 0 Å². The van der Waals surface area contributed by atoms with Crippen molar-refractivity contribution in [2.24, 2.45) is 11.0 Å². The molecule has 0 aliphatic heterocycles. The number of nitrogens with zero attached hydrogens (tertiary/aromatic N) is 1. The molecule has 1 aliphatic rings. The molecule has 2 rings (SSSR count). The number of hydrazone groups is 1. The highest BCUT2D eigenvalue weighted by Crippen LogP contribution is 2.23. The summed E-state index contributed by atoms with van der Waals surface area (Å²) in [6.07, 6.45) is 6.58. The molecule has 1 fully saturated rings. The monoisotopic (exact) mass is 355 g/mol. The molecule has 0 unspecified atom stereocenters. The van der Waals surface area contributed by atoms with Gasteiger partial charge in [0.05, 0.1) is 17.8 Å². The van der Waals surface area contributed by atoms with Gasteiger partial charge in [-0.1, -0.05) is 48.5 Å². The minimum atomic E-state index is -0.379. The highest BCUT2D eigenvalue weighted by molar-refractivity contribution is 6.36. The van der Waals surface area contributed by atoms with Gasteiger partial charge in [0, 0.05) is 16.5 Å². The van der Waals surface area contributed by atoms with Crippen LogP contribution in [-0.4, -0.2) is 24.6 Å². The Labute approximate surface area is 145 Å². The zero-order valence-electron chi connectivity index (χ0n) is 12.6. The van der Waals surface area contributed by atoms with Crippen LogP contribution < -0.4 is 10.7 Å². The van der Waals surface area contributed by atoms with Gasteiger partial charge < -0.3 is 5.32 Å². The minimum Gasteiger partial charge on any atom is -0.347 e. The van der Waals surface area contributed by atoms with Gasteiger partial charge in [0.15, 0.2) is 0 Å². The third-order valence-electron chi connectivity index (χ3n) is 3.75. The van der Waals surface area contributed by atoms with Crippen LogP contribution in [0.5, 0.6) is 0 Å². The van der Waals surface area contributed by atoms with Gasteiger partial charge in [-0.05, 0) is 25.0 Å². The van der Waals surface area contributed by atoms with E-state index in [-0.39, 0.29) is 24.3 Å². The number of amides is 2. The van der Waals surface area contributed by atoms with Crippen LogP contribution in [-0.2, 0) is 9.59 Å².